The van der Waals surface area contributed by atoms with E-state index in [-0.39, 0.29) is 23.8 Å². The topological polar surface area (TPSA) is 102 Å². The van der Waals surface area contributed by atoms with Crippen LogP contribution in [0.4, 0.5) is 5.82 Å². The molecule has 2 N–H and O–H groups in total. The average Bonchev–Trinajstić information content (AvgIpc) is 2.73. The van der Waals surface area contributed by atoms with Crippen LogP contribution in [0.25, 0.3) is 11.4 Å². The Morgan fingerprint density at radius 3 is 2.71 bits per heavy atom. The summed E-state index contributed by atoms with van der Waals surface area (Å²) in [5.41, 5.74) is 1.16. The first kappa shape index (κ1) is 22.0. The first-order chi connectivity index (χ1) is 14.7. The Kier molecular flexibility index (Phi) is 6.69. The summed E-state index contributed by atoms with van der Waals surface area (Å²) < 4.78 is 11.0. The number of ketones is 1. The van der Waals surface area contributed by atoms with Crippen molar-refractivity contribution in [3.05, 3.63) is 54.4 Å². The predicted molar refractivity (Wildman–Crippen MR) is 118 cm³/mol. The number of amides is 1. The monoisotopic (exact) mass is 422 g/mol. The molecule has 3 rings (SSSR count). The molecule has 0 radical (unpaired) electrons. The third kappa shape index (κ3) is 6.40. The van der Waals surface area contributed by atoms with Crippen molar-refractivity contribution in [1.82, 2.24) is 15.3 Å². The number of aromatic nitrogens is 2. The van der Waals surface area contributed by atoms with Crippen molar-refractivity contribution in [1.29, 1.82) is 0 Å². The number of rotatable bonds is 7. The van der Waals surface area contributed by atoms with E-state index in [1.54, 1.807) is 30.5 Å². The predicted octanol–water partition coefficient (Wildman–Crippen LogP) is 3.27. The van der Waals surface area contributed by atoms with Crippen LogP contribution < -0.4 is 20.1 Å². The van der Waals surface area contributed by atoms with Gasteiger partial charge < -0.3 is 20.1 Å². The molecule has 31 heavy (non-hydrogen) atoms. The molecule has 2 aromatic rings. The Bertz CT molecular complexity index is 1040. The Hall–Kier alpha value is -3.68. The molecule has 0 bridgehead atoms. The molecule has 8 nitrogen and oxygen atoms in total. The van der Waals surface area contributed by atoms with E-state index < -0.39 is 0 Å². The molecule has 0 saturated heterocycles. The van der Waals surface area contributed by atoms with Gasteiger partial charge in [0.15, 0.2) is 29.8 Å². The maximum Gasteiger partial charge on any atom is 0.258 e. The van der Waals surface area contributed by atoms with Gasteiger partial charge in [0, 0.05) is 23.2 Å². The van der Waals surface area contributed by atoms with Crippen LogP contribution in [0.5, 0.6) is 11.5 Å². The fourth-order valence-electron chi connectivity index (χ4n) is 2.84. The molecule has 1 amide bonds. The highest BCUT2D eigenvalue weighted by atomic mass is 16.5. The summed E-state index contributed by atoms with van der Waals surface area (Å²) in [4.78, 5) is 32.3. The Morgan fingerprint density at radius 2 is 2.03 bits per heavy atom. The number of nitrogens with one attached hydrogen (secondary N) is 2. The molecule has 0 atom stereocenters. The lowest BCUT2D eigenvalue weighted by Crippen LogP contribution is -2.43. The van der Waals surface area contributed by atoms with E-state index in [4.69, 9.17) is 9.47 Å². The van der Waals surface area contributed by atoms with Gasteiger partial charge in [0.2, 0.25) is 0 Å². The van der Waals surface area contributed by atoms with Gasteiger partial charge >= 0.3 is 0 Å². The summed E-state index contributed by atoms with van der Waals surface area (Å²) >= 11 is 0. The summed E-state index contributed by atoms with van der Waals surface area (Å²) in [6.07, 6.45) is 6.92. The summed E-state index contributed by atoms with van der Waals surface area (Å²) in [6.45, 7) is 5.65. The fraction of sp³-hybridized carbons (Fsp3) is 0.304. The van der Waals surface area contributed by atoms with Gasteiger partial charge in [-0.25, -0.2) is 9.97 Å². The molecule has 1 aromatic carbocycles. The minimum absolute atomic E-state index is 0.0499. The Labute approximate surface area is 181 Å². The van der Waals surface area contributed by atoms with Crippen molar-refractivity contribution < 1.29 is 19.1 Å². The van der Waals surface area contributed by atoms with E-state index in [2.05, 4.69) is 20.6 Å². The van der Waals surface area contributed by atoms with Gasteiger partial charge in [-0.3, -0.25) is 9.59 Å². The number of hydrogen-bond acceptors (Lipinski definition) is 7. The second-order valence-electron chi connectivity index (χ2n) is 8.01. The highest BCUT2D eigenvalue weighted by Crippen LogP contribution is 2.28. The third-order valence-corrected chi connectivity index (χ3v) is 4.19. The number of anilines is 1. The van der Waals surface area contributed by atoms with Crippen LogP contribution in [0.2, 0.25) is 0 Å². The normalized spacial score (nSPS) is 13.4. The number of ether oxygens (including phenoxy) is 2. The van der Waals surface area contributed by atoms with E-state index in [0.29, 0.717) is 29.6 Å². The van der Waals surface area contributed by atoms with Crippen LogP contribution in [0.15, 0.2) is 54.4 Å². The van der Waals surface area contributed by atoms with Gasteiger partial charge in [0.05, 0.1) is 13.3 Å². The van der Waals surface area contributed by atoms with Crippen LogP contribution in [-0.2, 0) is 9.59 Å². The molecular formula is C23H26N4O4. The SMILES string of the molecule is COc1cnc(-c2cccc(OCC(=O)NC(C)(C)C)c2)nc1NC1=CCC(=O)C=C1. The van der Waals surface area contributed by atoms with E-state index in [9.17, 15) is 9.59 Å². The highest BCUT2D eigenvalue weighted by molar-refractivity contribution is 5.92. The smallest absolute Gasteiger partial charge is 0.258 e. The zero-order chi connectivity index (χ0) is 22.4. The molecule has 0 unspecified atom stereocenters. The number of carbonyl (C=O) groups excluding carboxylic acids is 2. The second kappa shape index (κ2) is 9.42. The van der Waals surface area contributed by atoms with Crippen molar-refractivity contribution in [2.24, 2.45) is 0 Å². The van der Waals surface area contributed by atoms with Gasteiger partial charge in [0.25, 0.3) is 5.91 Å². The van der Waals surface area contributed by atoms with Gasteiger partial charge in [-0.05, 0) is 45.1 Å². The van der Waals surface area contributed by atoms with E-state index in [1.807, 2.05) is 32.9 Å². The minimum Gasteiger partial charge on any atom is -0.491 e. The van der Waals surface area contributed by atoms with Gasteiger partial charge in [-0.15, -0.1) is 0 Å². The zero-order valence-corrected chi connectivity index (χ0v) is 18.1. The van der Waals surface area contributed by atoms with Gasteiger partial charge in [0.1, 0.15) is 5.75 Å². The molecule has 8 heteroatoms. The van der Waals surface area contributed by atoms with Crippen LogP contribution in [0, 0.1) is 0 Å². The maximum absolute atomic E-state index is 12.0. The quantitative estimate of drug-likeness (QED) is 0.706. The number of benzene rings is 1. The van der Waals surface area contributed by atoms with Gasteiger partial charge in [-0.1, -0.05) is 18.2 Å². The molecular weight excluding hydrogens is 396 g/mol. The number of allylic oxidation sites excluding steroid dienone is 3. The minimum atomic E-state index is -0.321. The van der Waals surface area contributed by atoms with Crippen LogP contribution in [0.3, 0.4) is 0 Å². The molecule has 1 aliphatic carbocycles. The second-order valence-corrected chi connectivity index (χ2v) is 8.01. The lowest BCUT2D eigenvalue weighted by molar-refractivity contribution is -0.124. The molecule has 0 saturated carbocycles. The lowest BCUT2D eigenvalue weighted by atomic mass is 10.1. The lowest BCUT2D eigenvalue weighted by Gasteiger charge is -2.20. The summed E-state index contributed by atoms with van der Waals surface area (Å²) in [5, 5.41) is 6.02. The number of nitrogens with zero attached hydrogens (tertiary/aromatic N) is 2. The zero-order valence-electron chi connectivity index (χ0n) is 18.1. The largest absolute Gasteiger partial charge is 0.491 e. The van der Waals surface area contributed by atoms with E-state index in [1.165, 1.54) is 13.2 Å². The van der Waals surface area contributed by atoms with Crippen molar-refractivity contribution in [2.75, 3.05) is 19.0 Å². The van der Waals surface area contributed by atoms with Gasteiger partial charge in [-0.2, -0.15) is 0 Å². The highest BCUT2D eigenvalue weighted by Gasteiger charge is 2.15. The first-order valence-corrected chi connectivity index (χ1v) is 9.87. The van der Waals surface area contributed by atoms with Crippen molar-refractivity contribution in [3.63, 3.8) is 0 Å². The molecule has 1 aliphatic rings. The van der Waals surface area contributed by atoms with E-state index in [0.717, 1.165) is 11.3 Å². The number of hydrogen-bond donors (Lipinski definition) is 2. The summed E-state index contributed by atoms with van der Waals surface area (Å²) in [7, 11) is 1.54. The van der Waals surface area contributed by atoms with Crippen LogP contribution in [-0.4, -0.2) is 40.9 Å². The number of carbonyl (C=O) groups is 2. The first-order valence-electron chi connectivity index (χ1n) is 9.87. The van der Waals surface area contributed by atoms with E-state index >= 15 is 0 Å². The Balaban J connectivity index is 1.76. The molecule has 1 aromatic heterocycles. The van der Waals surface area contributed by atoms with Crippen molar-refractivity contribution in [3.8, 4) is 22.9 Å². The molecule has 0 fully saturated rings. The molecule has 0 spiro atoms. The molecule has 0 aliphatic heterocycles. The maximum atomic E-state index is 12.0. The standard InChI is InChI=1S/C23H26N4O4/c1-23(2,3)27-20(29)14-31-18-7-5-6-15(12-18)21-24-13-19(30-4)22(26-21)25-16-8-10-17(28)11-9-16/h5-10,12-13H,11,14H2,1-4H3,(H,27,29)(H,24,25,26). The third-order valence-electron chi connectivity index (χ3n) is 4.19. The van der Waals surface area contributed by atoms with Crippen molar-refractivity contribution >= 4 is 17.5 Å². The molecule has 1 heterocycles. The Morgan fingerprint density at radius 1 is 1.23 bits per heavy atom. The number of methoxy groups -OCH3 is 1. The van der Waals surface area contributed by atoms with Crippen LogP contribution in [0.1, 0.15) is 27.2 Å². The van der Waals surface area contributed by atoms with Crippen molar-refractivity contribution in [2.45, 2.75) is 32.7 Å². The fourth-order valence-corrected chi connectivity index (χ4v) is 2.84. The average molecular weight is 422 g/mol. The molecule has 162 valence electrons. The van der Waals surface area contributed by atoms with Crippen LogP contribution >= 0.6 is 0 Å². The summed E-state index contributed by atoms with van der Waals surface area (Å²) in [6, 6.07) is 7.21. The summed E-state index contributed by atoms with van der Waals surface area (Å²) in [5.74, 6) is 1.80.